The lowest BCUT2D eigenvalue weighted by molar-refractivity contribution is 0.243. The van der Waals surface area contributed by atoms with E-state index in [1.165, 1.54) is 40.7 Å². The first-order valence-electron chi connectivity index (χ1n) is 9.21. The van der Waals surface area contributed by atoms with Crippen molar-refractivity contribution in [2.45, 2.75) is 43.6 Å². The highest BCUT2D eigenvalue weighted by Gasteiger charge is 2.27. The second-order valence-electron chi connectivity index (χ2n) is 6.57. The van der Waals surface area contributed by atoms with Crippen molar-refractivity contribution in [2.24, 2.45) is 0 Å². The topological polar surface area (TPSA) is 92.8 Å². The Labute approximate surface area is 188 Å². The van der Waals surface area contributed by atoms with E-state index < -0.39 is 20.0 Å². The average Bonchev–Trinajstić information content (AvgIpc) is 2.62. The summed E-state index contributed by atoms with van der Waals surface area (Å²) in [6.07, 6.45) is -0.276. The van der Waals surface area contributed by atoms with Crippen LogP contribution in [0, 0.1) is 0 Å². The predicted octanol–water partition coefficient (Wildman–Crippen LogP) is 4.61. The normalized spacial score (nSPS) is 12.4. The van der Waals surface area contributed by atoms with Crippen LogP contribution in [0.2, 0.25) is 10.0 Å². The maximum Gasteiger partial charge on any atom is 0.264 e. The van der Waals surface area contributed by atoms with E-state index in [2.05, 4.69) is 4.72 Å². The van der Waals surface area contributed by atoms with Crippen LogP contribution >= 0.6 is 23.2 Å². The molecule has 0 aliphatic rings. The Balaban J connectivity index is 2.61. The first-order valence-corrected chi connectivity index (χ1v) is 12.9. The summed E-state index contributed by atoms with van der Waals surface area (Å²) in [5.74, 6) is 0.176. The van der Waals surface area contributed by atoms with E-state index in [0.29, 0.717) is 0 Å². The molecule has 0 radical (unpaired) electrons. The summed E-state index contributed by atoms with van der Waals surface area (Å²) in [4.78, 5) is -0.369. The minimum absolute atomic E-state index is 0.0343. The van der Waals surface area contributed by atoms with Crippen LogP contribution in [0.25, 0.3) is 0 Å². The van der Waals surface area contributed by atoms with Gasteiger partial charge in [-0.3, -0.25) is 4.72 Å². The molecule has 11 heteroatoms. The average molecular weight is 495 g/mol. The van der Waals surface area contributed by atoms with Gasteiger partial charge in [-0.1, -0.05) is 43.1 Å². The van der Waals surface area contributed by atoms with E-state index in [9.17, 15) is 16.8 Å². The van der Waals surface area contributed by atoms with Crippen LogP contribution in [0.4, 0.5) is 5.69 Å². The molecule has 30 heavy (non-hydrogen) atoms. The van der Waals surface area contributed by atoms with Crippen molar-refractivity contribution in [3.05, 3.63) is 46.4 Å². The molecule has 0 saturated carbocycles. The fourth-order valence-electron chi connectivity index (χ4n) is 2.75. The third-order valence-electron chi connectivity index (χ3n) is 4.09. The fourth-order valence-corrected chi connectivity index (χ4v) is 6.45. The number of hydrogen-bond acceptors (Lipinski definition) is 5. The van der Waals surface area contributed by atoms with Crippen LogP contribution in [-0.2, 0) is 20.0 Å². The standard InChI is InChI=1S/C19H24Cl2N2O5S2/c1-5-23(6-2)30(26,27)14-10-11-18(28-13(3)4)17(12-14)22-29(24,25)19-15(20)8-7-9-16(19)21/h7-13,22H,5-6H2,1-4H3. The molecule has 0 fully saturated rings. The van der Waals surface area contributed by atoms with Gasteiger partial charge in [0, 0.05) is 13.1 Å². The third-order valence-corrected chi connectivity index (χ3v) is 8.45. The largest absolute Gasteiger partial charge is 0.489 e. The smallest absolute Gasteiger partial charge is 0.264 e. The zero-order chi connectivity index (χ0) is 22.7. The maximum absolute atomic E-state index is 13.0. The van der Waals surface area contributed by atoms with Gasteiger partial charge in [-0.15, -0.1) is 0 Å². The highest BCUT2D eigenvalue weighted by molar-refractivity contribution is 7.93. The molecule has 2 aromatic rings. The number of ether oxygens (including phenoxy) is 1. The van der Waals surface area contributed by atoms with Gasteiger partial charge in [-0.2, -0.15) is 4.31 Å². The summed E-state index contributed by atoms with van der Waals surface area (Å²) in [5, 5.41) is -0.124. The molecule has 0 aromatic heterocycles. The van der Waals surface area contributed by atoms with Crippen LogP contribution in [0.3, 0.4) is 0 Å². The third kappa shape index (κ3) is 5.39. The summed E-state index contributed by atoms with van der Waals surface area (Å²) >= 11 is 12.1. The number of hydrogen-bond donors (Lipinski definition) is 1. The lowest BCUT2D eigenvalue weighted by atomic mass is 10.3. The molecule has 0 aliphatic carbocycles. The van der Waals surface area contributed by atoms with Crippen molar-refractivity contribution < 1.29 is 21.6 Å². The van der Waals surface area contributed by atoms with Gasteiger partial charge in [0.15, 0.2) is 0 Å². The monoisotopic (exact) mass is 494 g/mol. The lowest BCUT2D eigenvalue weighted by Crippen LogP contribution is -2.30. The Morgan fingerprint density at radius 2 is 1.57 bits per heavy atom. The minimum Gasteiger partial charge on any atom is -0.489 e. The van der Waals surface area contributed by atoms with Crippen molar-refractivity contribution in [1.29, 1.82) is 0 Å². The first kappa shape index (κ1) is 24.7. The number of benzene rings is 2. The van der Waals surface area contributed by atoms with Gasteiger partial charge in [0.05, 0.1) is 26.7 Å². The molecule has 0 bridgehead atoms. The molecular weight excluding hydrogens is 471 g/mol. The molecule has 0 atom stereocenters. The Bertz CT molecular complexity index is 1100. The molecule has 0 saturated heterocycles. The predicted molar refractivity (Wildman–Crippen MR) is 120 cm³/mol. The Hall–Kier alpha value is -1.52. The van der Waals surface area contributed by atoms with Crippen LogP contribution in [0.15, 0.2) is 46.2 Å². The van der Waals surface area contributed by atoms with E-state index in [1.807, 2.05) is 0 Å². The molecule has 1 N–H and O–H groups in total. The molecule has 0 unspecified atom stereocenters. The summed E-state index contributed by atoms with van der Waals surface area (Å²) in [7, 11) is -8.04. The van der Waals surface area contributed by atoms with E-state index in [1.54, 1.807) is 27.7 Å². The second kappa shape index (κ2) is 9.74. The molecule has 2 rings (SSSR count). The first-order chi connectivity index (χ1) is 13.9. The Morgan fingerprint density at radius 1 is 1.00 bits per heavy atom. The molecular formula is C19H24Cl2N2O5S2. The Kier molecular flexibility index (Phi) is 8.03. The van der Waals surface area contributed by atoms with Crippen molar-refractivity contribution in [3.8, 4) is 5.75 Å². The van der Waals surface area contributed by atoms with E-state index in [-0.39, 0.29) is 50.5 Å². The lowest BCUT2D eigenvalue weighted by Gasteiger charge is -2.21. The second-order valence-corrected chi connectivity index (χ2v) is 10.9. The van der Waals surface area contributed by atoms with Crippen molar-refractivity contribution >= 4 is 48.9 Å². The summed E-state index contributed by atoms with van der Waals surface area (Å²) < 4.78 is 61.1. The quantitative estimate of drug-likeness (QED) is 0.549. The van der Waals surface area contributed by atoms with E-state index in [4.69, 9.17) is 27.9 Å². The minimum atomic E-state index is -4.23. The van der Waals surface area contributed by atoms with Crippen LogP contribution < -0.4 is 9.46 Å². The highest BCUT2D eigenvalue weighted by atomic mass is 35.5. The van der Waals surface area contributed by atoms with Gasteiger partial charge in [-0.05, 0) is 44.2 Å². The van der Waals surface area contributed by atoms with Crippen LogP contribution in [-0.4, -0.2) is 40.3 Å². The summed E-state index contributed by atoms with van der Waals surface area (Å²) in [5.41, 5.74) is -0.0343. The number of halogens is 2. The molecule has 0 heterocycles. The zero-order valence-electron chi connectivity index (χ0n) is 17.0. The number of nitrogens with one attached hydrogen (secondary N) is 1. The zero-order valence-corrected chi connectivity index (χ0v) is 20.2. The summed E-state index contributed by atoms with van der Waals surface area (Å²) in [6.45, 7) is 7.53. The molecule has 166 valence electrons. The number of rotatable bonds is 9. The van der Waals surface area contributed by atoms with Gasteiger partial charge in [0.1, 0.15) is 10.6 Å². The van der Waals surface area contributed by atoms with Gasteiger partial charge in [0.25, 0.3) is 10.0 Å². The molecule has 0 amide bonds. The fraction of sp³-hybridized carbons (Fsp3) is 0.368. The van der Waals surface area contributed by atoms with Crippen LogP contribution in [0.5, 0.6) is 5.75 Å². The van der Waals surface area contributed by atoms with Gasteiger partial charge in [0.2, 0.25) is 10.0 Å². The van der Waals surface area contributed by atoms with E-state index in [0.717, 1.165) is 0 Å². The maximum atomic E-state index is 13.0. The SMILES string of the molecule is CCN(CC)S(=O)(=O)c1ccc(OC(C)C)c(NS(=O)(=O)c2c(Cl)cccc2Cl)c1. The van der Waals surface area contributed by atoms with Crippen molar-refractivity contribution in [1.82, 2.24) is 4.31 Å². The van der Waals surface area contributed by atoms with Crippen LogP contribution in [0.1, 0.15) is 27.7 Å². The van der Waals surface area contributed by atoms with Gasteiger partial charge < -0.3 is 4.74 Å². The molecule has 0 spiro atoms. The van der Waals surface area contributed by atoms with E-state index >= 15 is 0 Å². The summed E-state index contributed by atoms with van der Waals surface area (Å²) in [6, 6.07) is 8.35. The molecule has 2 aromatic carbocycles. The molecule has 7 nitrogen and oxygen atoms in total. The number of anilines is 1. The van der Waals surface area contributed by atoms with Gasteiger partial charge >= 0.3 is 0 Å². The van der Waals surface area contributed by atoms with Crippen molar-refractivity contribution in [2.75, 3.05) is 17.8 Å². The van der Waals surface area contributed by atoms with Crippen molar-refractivity contribution in [3.63, 3.8) is 0 Å². The highest BCUT2D eigenvalue weighted by Crippen LogP contribution is 2.35. The number of nitrogens with zero attached hydrogens (tertiary/aromatic N) is 1. The molecule has 0 aliphatic heterocycles. The van der Waals surface area contributed by atoms with Gasteiger partial charge in [-0.25, -0.2) is 16.8 Å². The Morgan fingerprint density at radius 3 is 2.07 bits per heavy atom. The number of sulfonamides is 2.